The van der Waals surface area contributed by atoms with Crippen molar-refractivity contribution >= 4 is 34.8 Å². The van der Waals surface area contributed by atoms with Crippen LogP contribution in [0.1, 0.15) is 45.8 Å². The number of Topliss-reactive ketones (excluding diaryl/α,β-unsaturated/α-hetero) is 1. The molecule has 1 unspecified atom stereocenters. The summed E-state index contributed by atoms with van der Waals surface area (Å²) in [6.45, 7) is 0.239. The third-order valence-corrected chi connectivity index (χ3v) is 7.51. The Morgan fingerprint density at radius 1 is 1.11 bits per heavy atom. The Morgan fingerprint density at radius 2 is 1.74 bits per heavy atom. The van der Waals surface area contributed by atoms with Crippen molar-refractivity contribution in [2.24, 2.45) is 5.73 Å². The molecule has 0 aliphatic carbocycles. The van der Waals surface area contributed by atoms with Crippen LogP contribution < -0.4 is 21.7 Å². The van der Waals surface area contributed by atoms with Crippen molar-refractivity contribution in [2.75, 3.05) is 13.1 Å². The van der Waals surface area contributed by atoms with Gasteiger partial charge in [0.2, 0.25) is 5.91 Å². The molecule has 2 aromatic carbocycles. The number of nitrogens with zero attached hydrogens (tertiary/aromatic N) is 1. The van der Waals surface area contributed by atoms with E-state index in [4.69, 9.17) is 11.1 Å². The highest BCUT2D eigenvalue weighted by atomic mass is 32.1. The van der Waals surface area contributed by atoms with Crippen molar-refractivity contribution in [1.82, 2.24) is 20.9 Å². The van der Waals surface area contributed by atoms with Gasteiger partial charge in [-0.25, -0.2) is 4.98 Å². The van der Waals surface area contributed by atoms with Gasteiger partial charge >= 0.3 is 5.97 Å². The summed E-state index contributed by atoms with van der Waals surface area (Å²) in [6.07, 6.45) is 2.88. The normalized spacial score (nSPS) is 16.6. The molecule has 1 fully saturated rings. The topological polar surface area (TPSA) is 170 Å². The zero-order valence-electron chi connectivity index (χ0n) is 20.6. The molecular weight excluding hydrogens is 504 g/mol. The molecule has 1 amide bonds. The SMILES string of the molecule is N=C(N)c1cnc(C(NC(=O)[C@H](NCC(=O)O)C(c2ccccc2)c2ccccc2)C(=O)[C@@H]2CCCN2)s1. The number of carboxylic acid groups (broad SMARTS) is 1. The van der Waals surface area contributed by atoms with Gasteiger partial charge in [-0.15, -0.1) is 11.3 Å². The van der Waals surface area contributed by atoms with E-state index in [2.05, 4.69) is 20.9 Å². The molecule has 0 spiro atoms. The van der Waals surface area contributed by atoms with Gasteiger partial charge in [0.05, 0.1) is 23.5 Å². The Balaban J connectivity index is 1.72. The average Bonchev–Trinajstić information content (AvgIpc) is 3.63. The molecule has 4 rings (SSSR count). The van der Waals surface area contributed by atoms with E-state index < -0.39 is 42.5 Å². The number of ketones is 1. The summed E-state index contributed by atoms with van der Waals surface area (Å²) in [5.74, 6) is -2.62. The molecular formula is C27H30N6O4S. The third kappa shape index (κ3) is 6.49. The first kappa shape index (κ1) is 27.1. The van der Waals surface area contributed by atoms with Crippen LogP contribution >= 0.6 is 11.3 Å². The fraction of sp³-hybridized carbons (Fsp3) is 0.296. The Morgan fingerprint density at radius 3 is 2.24 bits per heavy atom. The van der Waals surface area contributed by atoms with Crippen molar-refractivity contribution in [3.63, 3.8) is 0 Å². The van der Waals surface area contributed by atoms with Gasteiger partial charge in [0, 0.05) is 12.1 Å². The van der Waals surface area contributed by atoms with E-state index in [0.717, 1.165) is 28.9 Å². The van der Waals surface area contributed by atoms with Crippen LogP contribution in [0.3, 0.4) is 0 Å². The molecule has 10 nitrogen and oxygen atoms in total. The Hall–Kier alpha value is -3.93. The van der Waals surface area contributed by atoms with E-state index in [1.165, 1.54) is 6.20 Å². The monoisotopic (exact) mass is 534 g/mol. The lowest BCUT2D eigenvalue weighted by molar-refractivity contribution is -0.136. The maximum absolute atomic E-state index is 14.0. The number of carbonyl (C=O) groups is 3. The molecule has 1 aliphatic rings. The fourth-order valence-electron chi connectivity index (χ4n) is 4.62. The van der Waals surface area contributed by atoms with E-state index in [1.807, 2.05) is 60.7 Å². The summed E-state index contributed by atoms with van der Waals surface area (Å²) in [4.78, 5) is 43.7. The molecule has 1 saturated heterocycles. The number of carbonyl (C=O) groups excluding carboxylic acids is 2. The van der Waals surface area contributed by atoms with Crippen LogP contribution in [-0.4, -0.2) is 58.8 Å². The number of carboxylic acids is 1. The van der Waals surface area contributed by atoms with Crippen LogP contribution in [0.25, 0.3) is 0 Å². The molecule has 198 valence electrons. The maximum Gasteiger partial charge on any atom is 0.317 e. The smallest absolute Gasteiger partial charge is 0.317 e. The number of nitrogen functional groups attached to an aromatic ring is 1. The molecule has 1 aliphatic heterocycles. The number of nitrogens with one attached hydrogen (secondary N) is 4. The van der Waals surface area contributed by atoms with Crippen LogP contribution in [0.2, 0.25) is 0 Å². The number of thiazole rings is 1. The standard InChI is InChI=1S/C27H30N6O4S/c28-25(29)19-14-32-27(38-19)23(24(36)18-12-7-13-30-18)33-26(37)22(31-15-20(34)35)21(16-8-3-1-4-9-16)17-10-5-2-6-11-17/h1-6,8-11,14,18,21-23,30-31H,7,12-13,15H2,(H3,28,29)(H,33,37)(H,34,35)/t18-,22+,23?/m0/s1. The fourth-order valence-corrected chi connectivity index (χ4v) is 5.46. The van der Waals surface area contributed by atoms with Gasteiger partial charge in [-0.2, -0.15) is 0 Å². The van der Waals surface area contributed by atoms with Gasteiger partial charge in [0.1, 0.15) is 16.9 Å². The predicted molar refractivity (Wildman–Crippen MR) is 144 cm³/mol. The van der Waals surface area contributed by atoms with Crippen LogP contribution in [-0.2, 0) is 14.4 Å². The zero-order chi connectivity index (χ0) is 27.1. The van der Waals surface area contributed by atoms with Gasteiger partial charge in [-0.3, -0.25) is 25.1 Å². The lowest BCUT2D eigenvalue weighted by Gasteiger charge is -2.29. The van der Waals surface area contributed by atoms with Crippen molar-refractivity contribution in [3.05, 3.63) is 87.9 Å². The summed E-state index contributed by atoms with van der Waals surface area (Å²) < 4.78 is 0. The van der Waals surface area contributed by atoms with Gasteiger partial charge in [-0.1, -0.05) is 60.7 Å². The van der Waals surface area contributed by atoms with E-state index in [9.17, 15) is 19.5 Å². The van der Waals surface area contributed by atoms with E-state index >= 15 is 0 Å². The van der Waals surface area contributed by atoms with Gasteiger partial charge < -0.3 is 21.5 Å². The molecule has 0 bridgehead atoms. The first-order chi connectivity index (χ1) is 18.3. The number of amides is 1. The quantitative estimate of drug-likeness (QED) is 0.151. The maximum atomic E-state index is 14.0. The van der Waals surface area contributed by atoms with Crippen molar-refractivity contribution in [3.8, 4) is 0 Å². The summed E-state index contributed by atoms with van der Waals surface area (Å²) in [5, 5.41) is 26.4. The number of nitrogens with two attached hydrogens (primary N) is 1. The molecule has 0 radical (unpaired) electrons. The van der Waals surface area contributed by atoms with Gasteiger partial charge in [0.15, 0.2) is 5.78 Å². The first-order valence-electron chi connectivity index (χ1n) is 12.3. The van der Waals surface area contributed by atoms with Crippen molar-refractivity contribution < 1.29 is 19.5 Å². The summed E-state index contributed by atoms with van der Waals surface area (Å²) in [7, 11) is 0. The number of benzene rings is 2. The van der Waals surface area contributed by atoms with E-state index in [1.54, 1.807) is 0 Å². The van der Waals surface area contributed by atoms with E-state index in [0.29, 0.717) is 22.9 Å². The Bertz CT molecular complexity index is 1240. The lowest BCUT2D eigenvalue weighted by Crippen LogP contribution is -2.52. The number of aliphatic carboxylic acids is 1. The first-order valence-corrected chi connectivity index (χ1v) is 13.1. The summed E-state index contributed by atoms with van der Waals surface area (Å²) in [5.41, 5.74) is 7.24. The molecule has 1 aromatic heterocycles. The molecule has 3 aromatic rings. The van der Waals surface area contributed by atoms with Crippen LogP contribution in [0, 0.1) is 5.41 Å². The van der Waals surface area contributed by atoms with Crippen LogP contribution in [0.15, 0.2) is 66.9 Å². The minimum Gasteiger partial charge on any atom is -0.480 e. The van der Waals surface area contributed by atoms with E-state index in [-0.39, 0.29) is 11.6 Å². The zero-order valence-corrected chi connectivity index (χ0v) is 21.4. The molecule has 11 heteroatoms. The number of aromatic nitrogens is 1. The third-order valence-electron chi connectivity index (χ3n) is 6.42. The van der Waals surface area contributed by atoms with Gasteiger partial charge in [-0.05, 0) is 30.5 Å². The number of amidine groups is 1. The highest BCUT2D eigenvalue weighted by Crippen LogP contribution is 2.30. The predicted octanol–water partition coefficient (Wildman–Crippen LogP) is 1.78. The molecule has 0 saturated carbocycles. The highest BCUT2D eigenvalue weighted by molar-refractivity contribution is 7.13. The van der Waals surface area contributed by atoms with Crippen LogP contribution in [0.4, 0.5) is 0 Å². The van der Waals surface area contributed by atoms with Gasteiger partial charge in [0.25, 0.3) is 0 Å². The van der Waals surface area contributed by atoms with Crippen molar-refractivity contribution in [1.29, 1.82) is 5.41 Å². The largest absolute Gasteiger partial charge is 0.480 e. The molecule has 3 atom stereocenters. The Labute approximate surface area is 224 Å². The molecule has 38 heavy (non-hydrogen) atoms. The molecule has 7 N–H and O–H groups in total. The minimum absolute atomic E-state index is 0.181. The average molecular weight is 535 g/mol. The second-order valence-electron chi connectivity index (χ2n) is 9.02. The number of hydrogen-bond acceptors (Lipinski definition) is 8. The number of rotatable bonds is 12. The lowest BCUT2D eigenvalue weighted by atomic mass is 9.84. The Kier molecular flexibility index (Phi) is 8.95. The number of hydrogen-bond donors (Lipinski definition) is 6. The molecule has 2 heterocycles. The van der Waals surface area contributed by atoms with Crippen LogP contribution in [0.5, 0.6) is 0 Å². The summed E-state index contributed by atoms with van der Waals surface area (Å²) in [6, 6.07) is 16.1. The summed E-state index contributed by atoms with van der Waals surface area (Å²) >= 11 is 1.07. The van der Waals surface area contributed by atoms with Crippen molar-refractivity contribution in [2.45, 2.75) is 36.9 Å². The highest BCUT2D eigenvalue weighted by Gasteiger charge is 2.37. The minimum atomic E-state index is -1.11. The second-order valence-corrected chi connectivity index (χ2v) is 10.1. The second kappa shape index (κ2) is 12.5.